The van der Waals surface area contributed by atoms with Gasteiger partial charge in [0.15, 0.2) is 18.3 Å². The van der Waals surface area contributed by atoms with Crippen LogP contribution in [0.5, 0.6) is 0 Å². The summed E-state index contributed by atoms with van der Waals surface area (Å²) in [5.74, 6) is -5.78. The summed E-state index contributed by atoms with van der Waals surface area (Å²) in [5.41, 5.74) is 0. The van der Waals surface area contributed by atoms with E-state index in [0.717, 1.165) is 38.5 Å². The van der Waals surface area contributed by atoms with E-state index in [1.807, 2.05) is 0 Å². The van der Waals surface area contributed by atoms with Crippen molar-refractivity contribution < 1.29 is 68.3 Å². The smallest absolute Gasteiger partial charge is 0.308 e. The van der Waals surface area contributed by atoms with Gasteiger partial charge >= 0.3 is 17.9 Å². The first kappa shape index (κ1) is 38.3. The number of ether oxygens (including phenoxy) is 6. The van der Waals surface area contributed by atoms with E-state index >= 15 is 0 Å². The van der Waals surface area contributed by atoms with Crippen molar-refractivity contribution >= 4 is 17.9 Å². The molecule has 0 aliphatic carbocycles. The van der Waals surface area contributed by atoms with Crippen LogP contribution in [0.1, 0.15) is 86.0 Å². The summed E-state index contributed by atoms with van der Waals surface area (Å²) in [6.07, 6.45) is -6.03. The van der Waals surface area contributed by atoms with Crippen molar-refractivity contribution in [3.8, 4) is 0 Å². The van der Waals surface area contributed by atoms with Crippen molar-refractivity contribution in [2.75, 3.05) is 19.8 Å². The average molecular weight is 637 g/mol. The van der Waals surface area contributed by atoms with E-state index in [1.165, 1.54) is 0 Å². The molecule has 9 atom stereocenters. The fourth-order valence-electron chi connectivity index (χ4n) is 4.97. The zero-order chi connectivity index (χ0) is 33.0. The lowest BCUT2D eigenvalue weighted by atomic mass is 9.97. The number of esters is 3. The molecule has 0 aromatic heterocycles. The van der Waals surface area contributed by atoms with Crippen LogP contribution in [0.4, 0.5) is 0 Å². The van der Waals surface area contributed by atoms with Crippen LogP contribution in [0.25, 0.3) is 0 Å². The maximum atomic E-state index is 13.1. The molecule has 0 aromatic carbocycles. The number of rotatable bonds is 18. The van der Waals surface area contributed by atoms with E-state index in [2.05, 4.69) is 6.92 Å². The highest BCUT2D eigenvalue weighted by Gasteiger charge is 2.60. The predicted molar refractivity (Wildman–Crippen MR) is 153 cm³/mol. The molecule has 2 aliphatic heterocycles. The quantitative estimate of drug-likeness (QED) is 0.0798. The molecule has 2 aliphatic rings. The van der Waals surface area contributed by atoms with Crippen molar-refractivity contribution in [2.45, 2.75) is 141 Å². The molecular formula is C30H52O14. The standard InChI is InChI=1S/C30H52O14/c1-6-7-8-9-10-11-12-13-21(34)40-25-24(42-28(38)18(4)5)23(41-27(37)17(2)3)20(15-32)39-29(25)44-30(16-33)26(36)22(35)19(14-31)43-30/h17-20,22-26,29,31-33,35-36H,6-16H2,1-5H3/t19-,20-,22+,23+,24+,25+,26+,29+,30+/m0/s1. The Morgan fingerprint density at radius 1 is 0.750 bits per heavy atom. The molecule has 0 bridgehead atoms. The SMILES string of the molecule is CCCCCCCCCC(=O)O[C@H]1[C@@H](O[C@@]2(CO)O[C@@H](CO)[C@@H](O)[C@H]2O)O[C@@H](CO)[C@@H](OC(=O)C(C)C)[C@H]1OC(=O)C(C)C. The largest absolute Gasteiger partial charge is 0.455 e. The Kier molecular flexibility index (Phi) is 15.9. The second kappa shape index (κ2) is 18.3. The highest BCUT2D eigenvalue weighted by Crippen LogP contribution is 2.38. The second-order valence-electron chi connectivity index (χ2n) is 12.0. The van der Waals surface area contributed by atoms with Crippen LogP contribution in [0.15, 0.2) is 0 Å². The molecule has 0 spiro atoms. The summed E-state index contributed by atoms with van der Waals surface area (Å²) in [6, 6.07) is 0. The minimum atomic E-state index is -2.37. The highest BCUT2D eigenvalue weighted by molar-refractivity contribution is 5.73. The Bertz CT molecular complexity index is 897. The second-order valence-corrected chi connectivity index (χ2v) is 12.0. The van der Waals surface area contributed by atoms with Crippen LogP contribution in [0.2, 0.25) is 0 Å². The zero-order valence-corrected chi connectivity index (χ0v) is 26.5. The zero-order valence-electron chi connectivity index (χ0n) is 26.5. The first-order chi connectivity index (χ1) is 20.8. The molecule has 0 unspecified atom stereocenters. The van der Waals surface area contributed by atoms with Crippen LogP contribution < -0.4 is 0 Å². The average Bonchev–Trinajstić information content (AvgIpc) is 3.23. The highest BCUT2D eigenvalue weighted by atomic mass is 16.8. The fraction of sp³-hybridized carbons (Fsp3) is 0.900. The van der Waals surface area contributed by atoms with E-state index in [4.69, 9.17) is 28.4 Å². The molecule has 0 amide bonds. The van der Waals surface area contributed by atoms with Gasteiger partial charge in [-0.1, -0.05) is 73.1 Å². The summed E-state index contributed by atoms with van der Waals surface area (Å²) in [7, 11) is 0. The number of aliphatic hydroxyl groups excluding tert-OH is 5. The Morgan fingerprint density at radius 3 is 1.80 bits per heavy atom. The minimum absolute atomic E-state index is 0.00269. The van der Waals surface area contributed by atoms with Crippen molar-refractivity contribution in [2.24, 2.45) is 11.8 Å². The summed E-state index contributed by atoms with van der Waals surface area (Å²) >= 11 is 0. The molecule has 0 saturated carbocycles. The van der Waals surface area contributed by atoms with Gasteiger partial charge in [-0.15, -0.1) is 0 Å². The molecule has 2 fully saturated rings. The van der Waals surface area contributed by atoms with Gasteiger partial charge in [0.05, 0.1) is 25.0 Å². The maximum absolute atomic E-state index is 13.1. The van der Waals surface area contributed by atoms with Crippen LogP contribution in [-0.4, -0.2) is 118 Å². The van der Waals surface area contributed by atoms with Gasteiger partial charge in [-0.05, 0) is 6.42 Å². The van der Waals surface area contributed by atoms with E-state index in [9.17, 15) is 39.9 Å². The predicted octanol–water partition coefficient (Wildman–Crippen LogP) is 0.710. The number of unbranched alkanes of at least 4 members (excludes halogenated alkanes) is 6. The number of carbonyl (C=O) groups is 3. The third-order valence-electron chi connectivity index (χ3n) is 7.69. The van der Waals surface area contributed by atoms with Crippen molar-refractivity contribution in [1.82, 2.24) is 0 Å². The lowest BCUT2D eigenvalue weighted by molar-refractivity contribution is -0.384. The fourth-order valence-corrected chi connectivity index (χ4v) is 4.97. The molecule has 5 N–H and O–H groups in total. The Balaban J connectivity index is 2.43. The maximum Gasteiger partial charge on any atom is 0.308 e. The molecule has 14 nitrogen and oxygen atoms in total. The van der Waals surface area contributed by atoms with Crippen LogP contribution in [0.3, 0.4) is 0 Å². The lowest BCUT2D eigenvalue weighted by Crippen LogP contribution is -2.65. The van der Waals surface area contributed by atoms with Gasteiger partial charge in [0.1, 0.15) is 31.0 Å². The molecular weight excluding hydrogens is 584 g/mol. The molecule has 44 heavy (non-hydrogen) atoms. The van der Waals surface area contributed by atoms with Crippen molar-refractivity contribution in [3.05, 3.63) is 0 Å². The van der Waals surface area contributed by atoms with E-state index in [0.29, 0.717) is 6.42 Å². The van der Waals surface area contributed by atoms with Gasteiger partial charge in [-0.2, -0.15) is 0 Å². The normalized spacial score (nSPS) is 32.2. The Labute approximate surface area is 258 Å². The molecule has 2 heterocycles. The van der Waals surface area contributed by atoms with Crippen LogP contribution in [-0.2, 0) is 42.8 Å². The molecule has 2 saturated heterocycles. The van der Waals surface area contributed by atoms with Crippen LogP contribution in [0, 0.1) is 11.8 Å². The molecule has 256 valence electrons. The summed E-state index contributed by atoms with van der Waals surface area (Å²) in [4.78, 5) is 38.6. The van der Waals surface area contributed by atoms with Gasteiger partial charge in [0.25, 0.3) is 0 Å². The topological polar surface area (TPSA) is 208 Å². The van der Waals surface area contributed by atoms with Crippen molar-refractivity contribution in [3.63, 3.8) is 0 Å². The lowest BCUT2D eigenvalue weighted by Gasteiger charge is -2.46. The summed E-state index contributed by atoms with van der Waals surface area (Å²) < 4.78 is 34.3. The van der Waals surface area contributed by atoms with E-state index in [1.54, 1.807) is 27.7 Å². The van der Waals surface area contributed by atoms with Crippen molar-refractivity contribution in [1.29, 1.82) is 0 Å². The molecule has 14 heteroatoms. The Morgan fingerprint density at radius 2 is 1.30 bits per heavy atom. The van der Waals surface area contributed by atoms with Gasteiger partial charge < -0.3 is 54.0 Å². The Hall–Kier alpha value is -1.91. The minimum Gasteiger partial charge on any atom is -0.455 e. The molecule has 0 radical (unpaired) electrons. The molecule has 2 rings (SSSR count). The monoisotopic (exact) mass is 636 g/mol. The number of aliphatic hydroxyl groups is 5. The number of carbonyl (C=O) groups excluding carboxylic acids is 3. The molecule has 0 aromatic rings. The van der Waals surface area contributed by atoms with Gasteiger partial charge in [0, 0.05) is 6.42 Å². The van der Waals surface area contributed by atoms with Gasteiger partial charge in [-0.25, -0.2) is 0 Å². The van der Waals surface area contributed by atoms with E-state index in [-0.39, 0.29) is 6.42 Å². The van der Waals surface area contributed by atoms with Crippen LogP contribution >= 0.6 is 0 Å². The number of hydrogen-bond donors (Lipinski definition) is 5. The third kappa shape index (κ3) is 10.0. The first-order valence-corrected chi connectivity index (χ1v) is 15.7. The number of hydrogen-bond acceptors (Lipinski definition) is 14. The summed E-state index contributed by atoms with van der Waals surface area (Å²) in [6.45, 7) is 5.88. The van der Waals surface area contributed by atoms with E-state index < -0.39 is 104 Å². The summed E-state index contributed by atoms with van der Waals surface area (Å²) in [5, 5.41) is 51.1. The van der Waals surface area contributed by atoms with Gasteiger partial charge in [0.2, 0.25) is 12.1 Å². The van der Waals surface area contributed by atoms with Gasteiger partial charge in [-0.3, -0.25) is 14.4 Å². The first-order valence-electron chi connectivity index (χ1n) is 15.7. The third-order valence-corrected chi connectivity index (χ3v) is 7.69.